The van der Waals surface area contributed by atoms with Crippen molar-refractivity contribution in [2.45, 2.75) is 27.3 Å². The summed E-state index contributed by atoms with van der Waals surface area (Å²) in [7, 11) is 0. The molecule has 4 heteroatoms. The number of anilines is 1. The first-order valence-corrected chi connectivity index (χ1v) is 7.61. The minimum Gasteiger partial charge on any atom is -0.329 e. The largest absolute Gasteiger partial charge is 0.329 e. The summed E-state index contributed by atoms with van der Waals surface area (Å²) < 4.78 is 0. The maximum atomic E-state index is 12.2. The first kappa shape index (κ1) is 16.7. The van der Waals surface area contributed by atoms with Crippen LogP contribution in [0.1, 0.15) is 23.6 Å². The lowest BCUT2D eigenvalue weighted by atomic mass is 10.1. The molecule has 2 rings (SSSR count). The maximum Gasteiger partial charge on any atom is 0.244 e. The van der Waals surface area contributed by atoms with Gasteiger partial charge in [0.2, 0.25) is 11.8 Å². The van der Waals surface area contributed by atoms with Gasteiger partial charge in [0.15, 0.2) is 0 Å². The van der Waals surface area contributed by atoms with Gasteiger partial charge >= 0.3 is 0 Å². The normalized spacial score (nSPS) is 10.2. The number of nitrogens with zero attached hydrogens (tertiary/aromatic N) is 1. The summed E-state index contributed by atoms with van der Waals surface area (Å²) in [5.41, 5.74) is 3.99. The van der Waals surface area contributed by atoms with Gasteiger partial charge in [-0.2, -0.15) is 0 Å². The fraction of sp³-hybridized carbons (Fsp3) is 0.263. The third-order valence-corrected chi connectivity index (χ3v) is 3.58. The topological polar surface area (TPSA) is 49.4 Å². The molecule has 23 heavy (non-hydrogen) atoms. The summed E-state index contributed by atoms with van der Waals surface area (Å²) in [5, 5.41) is 2.83. The van der Waals surface area contributed by atoms with E-state index in [2.05, 4.69) is 5.32 Å². The Labute approximate surface area is 137 Å². The van der Waals surface area contributed by atoms with Gasteiger partial charge in [-0.15, -0.1) is 0 Å². The molecule has 0 atom stereocenters. The maximum absolute atomic E-state index is 12.2. The molecular formula is C19H22N2O2. The summed E-state index contributed by atoms with van der Waals surface area (Å²) in [6, 6.07) is 15.5. The minimum absolute atomic E-state index is 0.0388. The third kappa shape index (κ3) is 5.25. The van der Waals surface area contributed by atoms with E-state index in [1.165, 1.54) is 17.4 Å². The van der Waals surface area contributed by atoms with Crippen LogP contribution in [0.15, 0.2) is 48.5 Å². The molecule has 0 saturated carbocycles. The number of benzene rings is 2. The van der Waals surface area contributed by atoms with Crippen LogP contribution < -0.4 is 5.32 Å². The highest BCUT2D eigenvalue weighted by Crippen LogP contribution is 2.11. The van der Waals surface area contributed by atoms with Crippen LogP contribution >= 0.6 is 0 Å². The first-order chi connectivity index (χ1) is 10.9. The molecule has 2 aromatic carbocycles. The van der Waals surface area contributed by atoms with Gasteiger partial charge in [0, 0.05) is 19.2 Å². The number of nitrogens with one attached hydrogen (secondary N) is 1. The highest BCUT2D eigenvalue weighted by atomic mass is 16.2. The summed E-state index contributed by atoms with van der Waals surface area (Å²) in [6.45, 7) is 5.93. The van der Waals surface area contributed by atoms with Crippen molar-refractivity contribution in [2.75, 3.05) is 11.9 Å². The molecule has 0 aromatic heterocycles. The number of amides is 2. The monoisotopic (exact) mass is 310 g/mol. The zero-order valence-corrected chi connectivity index (χ0v) is 13.8. The van der Waals surface area contributed by atoms with Crippen molar-refractivity contribution in [1.82, 2.24) is 4.90 Å². The molecule has 0 heterocycles. The molecule has 0 aliphatic carbocycles. The fourth-order valence-corrected chi connectivity index (χ4v) is 2.29. The number of carbonyl (C=O) groups excluding carboxylic acids is 2. The van der Waals surface area contributed by atoms with Crippen molar-refractivity contribution in [2.24, 2.45) is 0 Å². The average molecular weight is 310 g/mol. The van der Waals surface area contributed by atoms with Gasteiger partial charge in [-0.05, 0) is 37.1 Å². The second kappa shape index (κ2) is 7.58. The molecule has 1 N–H and O–H groups in total. The number of hydrogen-bond donors (Lipinski definition) is 1. The predicted molar refractivity (Wildman–Crippen MR) is 92.1 cm³/mol. The lowest BCUT2D eigenvalue weighted by Crippen LogP contribution is -2.36. The summed E-state index contributed by atoms with van der Waals surface area (Å²) in [4.78, 5) is 25.5. The lowest BCUT2D eigenvalue weighted by Gasteiger charge is -2.21. The van der Waals surface area contributed by atoms with Crippen molar-refractivity contribution < 1.29 is 9.59 Å². The number of hydrogen-bond acceptors (Lipinski definition) is 2. The van der Waals surface area contributed by atoms with E-state index in [0.717, 1.165) is 16.8 Å². The van der Waals surface area contributed by atoms with Crippen molar-refractivity contribution in [3.63, 3.8) is 0 Å². The van der Waals surface area contributed by atoms with Crippen LogP contribution in [0.25, 0.3) is 0 Å². The summed E-state index contributed by atoms with van der Waals surface area (Å²) >= 11 is 0. The smallest absolute Gasteiger partial charge is 0.244 e. The van der Waals surface area contributed by atoms with Crippen LogP contribution in [0.3, 0.4) is 0 Å². The fourth-order valence-electron chi connectivity index (χ4n) is 2.29. The molecule has 0 fully saturated rings. The Bertz CT molecular complexity index is 693. The van der Waals surface area contributed by atoms with E-state index in [9.17, 15) is 9.59 Å². The molecule has 0 bridgehead atoms. The van der Waals surface area contributed by atoms with Crippen LogP contribution in [-0.2, 0) is 16.1 Å². The lowest BCUT2D eigenvalue weighted by molar-refractivity contribution is -0.133. The van der Waals surface area contributed by atoms with E-state index in [1.54, 1.807) is 0 Å². The van der Waals surface area contributed by atoms with Gasteiger partial charge in [-0.25, -0.2) is 0 Å². The molecule has 4 nitrogen and oxygen atoms in total. The Morgan fingerprint density at radius 1 is 1.00 bits per heavy atom. The van der Waals surface area contributed by atoms with E-state index >= 15 is 0 Å². The quantitative estimate of drug-likeness (QED) is 0.921. The Hall–Kier alpha value is -2.62. The molecule has 0 radical (unpaired) electrons. The van der Waals surface area contributed by atoms with Crippen LogP contribution in [0, 0.1) is 13.8 Å². The molecule has 0 aliphatic rings. The van der Waals surface area contributed by atoms with E-state index in [4.69, 9.17) is 0 Å². The van der Waals surface area contributed by atoms with Crippen molar-refractivity contribution in [1.29, 1.82) is 0 Å². The third-order valence-electron chi connectivity index (χ3n) is 3.58. The molecule has 2 aromatic rings. The number of aryl methyl sites for hydroxylation is 2. The van der Waals surface area contributed by atoms with Crippen LogP contribution in [-0.4, -0.2) is 23.3 Å². The standard InChI is InChI=1S/C19H22N2O2/c1-14-7-9-17(10-8-14)12-21(16(3)22)13-19(23)20-18-6-4-5-15(2)11-18/h4-11H,12-13H2,1-3H3,(H,20,23). The van der Waals surface area contributed by atoms with Gasteiger partial charge in [0.25, 0.3) is 0 Å². The molecular weight excluding hydrogens is 288 g/mol. The van der Waals surface area contributed by atoms with Gasteiger partial charge in [-0.3, -0.25) is 9.59 Å². The van der Waals surface area contributed by atoms with Crippen molar-refractivity contribution in [3.8, 4) is 0 Å². The van der Waals surface area contributed by atoms with Crippen molar-refractivity contribution in [3.05, 3.63) is 65.2 Å². The Morgan fingerprint density at radius 3 is 2.30 bits per heavy atom. The SMILES string of the molecule is CC(=O)N(CC(=O)Nc1cccc(C)c1)Cc1ccc(C)cc1. The molecule has 0 unspecified atom stereocenters. The van der Waals surface area contributed by atoms with Gasteiger partial charge < -0.3 is 10.2 Å². The number of rotatable bonds is 5. The predicted octanol–water partition coefficient (Wildman–Crippen LogP) is 3.29. The Kier molecular flexibility index (Phi) is 5.52. The molecule has 2 amide bonds. The average Bonchev–Trinajstić information content (AvgIpc) is 2.48. The first-order valence-electron chi connectivity index (χ1n) is 7.61. The van der Waals surface area contributed by atoms with E-state index in [-0.39, 0.29) is 18.4 Å². The second-order valence-electron chi connectivity index (χ2n) is 5.78. The van der Waals surface area contributed by atoms with Gasteiger partial charge in [0.1, 0.15) is 6.54 Å². The van der Waals surface area contributed by atoms with Crippen LogP contribution in [0.4, 0.5) is 5.69 Å². The molecule has 0 aliphatic heterocycles. The van der Waals surface area contributed by atoms with Gasteiger partial charge in [-0.1, -0.05) is 42.0 Å². The summed E-state index contributed by atoms with van der Waals surface area (Å²) in [6.07, 6.45) is 0. The van der Waals surface area contributed by atoms with Crippen LogP contribution in [0.5, 0.6) is 0 Å². The highest BCUT2D eigenvalue weighted by molar-refractivity contribution is 5.94. The number of carbonyl (C=O) groups is 2. The Balaban J connectivity index is 1.99. The zero-order valence-electron chi connectivity index (χ0n) is 13.8. The molecule has 0 spiro atoms. The van der Waals surface area contributed by atoms with E-state index in [1.807, 2.05) is 62.4 Å². The van der Waals surface area contributed by atoms with Crippen molar-refractivity contribution >= 4 is 17.5 Å². The second-order valence-corrected chi connectivity index (χ2v) is 5.78. The van der Waals surface area contributed by atoms with Crippen LogP contribution in [0.2, 0.25) is 0 Å². The molecule has 0 saturated heterocycles. The minimum atomic E-state index is -0.196. The van der Waals surface area contributed by atoms with E-state index in [0.29, 0.717) is 6.54 Å². The molecule has 120 valence electrons. The van der Waals surface area contributed by atoms with E-state index < -0.39 is 0 Å². The Morgan fingerprint density at radius 2 is 1.70 bits per heavy atom. The summed E-state index contributed by atoms with van der Waals surface area (Å²) in [5.74, 6) is -0.317. The van der Waals surface area contributed by atoms with Gasteiger partial charge in [0.05, 0.1) is 0 Å². The zero-order chi connectivity index (χ0) is 16.8. The highest BCUT2D eigenvalue weighted by Gasteiger charge is 2.14.